The predicted molar refractivity (Wildman–Crippen MR) is 65.3 cm³/mol. The first-order chi connectivity index (χ1) is 8.49. The molecule has 0 aliphatic heterocycles. The number of nitrogens with zero attached hydrogens (tertiary/aromatic N) is 3. The number of halogens is 2. The largest absolute Gasteiger partial charge is 0.416 e. The van der Waals surface area contributed by atoms with E-state index in [2.05, 4.69) is 27.9 Å². The third-order valence-electron chi connectivity index (χ3n) is 1.83. The molecular formula is C11H9F2N3OS. The number of aliphatic imine (C=N–C) groups is 1. The Balaban J connectivity index is 3.07. The van der Waals surface area contributed by atoms with Crippen LogP contribution in [0.2, 0.25) is 0 Å². The van der Waals surface area contributed by atoms with E-state index in [1.807, 2.05) is 6.07 Å². The van der Waals surface area contributed by atoms with E-state index in [-0.39, 0.29) is 17.2 Å². The maximum Gasteiger partial charge on any atom is 0.388 e. The van der Waals surface area contributed by atoms with Crippen LogP contribution < -0.4 is 0 Å². The lowest BCUT2D eigenvalue weighted by Gasteiger charge is -2.07. The van der Waals surface area contributed by atoms with Gasteiger partial charge in [0.2, 0.25) is 5.90 Å². The molecule has 0 fully saturated rings. The van der Waals surface area contributed by atoms with Gasteiger partial charge in [0, 0.05) is 11.1 Å². The predicted octanol–water partition coefficient (Wildman–Crippen LogP) is 3.12. The van der Waals surface area contributed by atoms with E-state index in [0.29, 0.717) is 9.88 Å². The molecule has 1 aromatic heterocycles. The number of ether oxygens (including phenoxy) is 1. The van der Waals surface area contributed by atoms with Crippen LogP contribution in [0, 0.1) is 18.3 Å². The van der Waals surface area contributed by atoms with Crippen molar-refractivity contribution >= 4 is 22.8 Å². The second kappa shape index (κ2) is 6.02. The number of thiazole rings is 1. The van der Waals surface area contributed by atoms with Crippen molar-refractivity contribution in [3.05, 3.63) is 34.9 Å². The highest BCUT2D eigenvalue weighted by Crippen LogP contribution is 2.24. The minimum Gasteiger partial charge on any atom is -0.416 e. The Bertz CT molecular complexity index is 543. The zero-order valence-electron chi connectivity index (χ0n) is 9.48. The smallest absolute Gasteiger partial charge is 0.388 e. The zero-order valence-corrected chi connectivity index (χ0v) is 10.3. The highest BCUT2D eigenvalue weighted by atomic mass is 32.1. The van der Waals surface area contributed by atoms with Crippen molar-refractivity contribution in [2.45, 2.75) is 13.5 Å². The Morgan fingerprint density at radius 2 is 2.33 bits per heavy atom. The second-order valence-electron chi connectivity index (χ2n) is 3.01. The van der Waals surface area contributed by atoms with Crippen molar-refractivity contribution in [3.63, 3.8) is 0 Å². The van der Waals surface area contributed by atoms with Crippen molar-refractivity contribution in [1.29, 1.82) is 5.26 Å². The second-order valence-corrected chi connectivity index (χ2v) is 4.21. The number of hydrogen-bond acceptors (Lipinski definition) is 5. The van der Waals surface area contributed by atoms with E-state index < -0.39 is 6.61 Å². The zero-order chi connectivity index (χ0) is 13.7. The van der Waals surface area contributed by atoms with Crippen LogP contribution in [0.1, 0.15) is 15.6 Å². The molecule has 0 aromatic carbocycles. The van der Waals surface area contributed by atoms with E-state index >= 15 is 0 Å². The van der Waals surface area contributed by atoms with Crippen molar-refractivity contribution in [1.82, 2.24) is 4.98 Å². The molecular weight excluding hydrogens is 260 g/mol. The Morgan fingerprint density at radius 1 is 1.67 bits per heavy atom. The summed E-state index contributed by atoms with van der Waals surface area (Å²) < 4.78 is 28.6. The summed E-state index contributed by atoms with van der Waals surface area (Å²) >= 11 is 1.16. The summed E-state index contributed by atoms with van der Waals surface area (Å²) in [6, 6.07) is 1.89. The average molecular weight is 269 g/mol. The molecule has 18 heavy (non-hydrogen) atoms. The van der Waals surface area contributed by atoms with E-state index in [1.54, 1.807) is 6.92 Å². The Morgan fingerprint density at radius 3 is 2.78 bits per heavy atom. The summed E-state index contributed by atoms with van der Waals surface area (Å²) in [7, 11) is 0. The molecule has 0 atom stereocenters. The lowest BCUT2D eigenvalue weighted by Crippen LogP contribution is -2.11. The molecule has 0 aliphatic rings. The van der Waals surface area contributed by atoms with Crippen molar-refractivity contribution in [3.8, 4) is 6.07 Å². The third kappa shape index (κ3) is 3.21. The molecule has 0 saturated heterocycles. The van der Waals surface area contributed by atoms with Gasteiger partial charge >= 0.3 is 6.61 Å². The van der Waals surface area contributed by atoms with Crippen LogP contribution in [-0.4, -0.2) is 17.5 Å². The lowest BCUT2D eigenvalue weighted by atomic mass is 10.3. The molecule has 0 amide bonds. The first kappa shape index (κ1) is 14.0. The lowest BCUT2D eigenvalue weighted by molar-refractivity contribution is -0.0587. The Hall–Kier alpha value is -2.07. The molecule has 94 valence electrons. The van der Waals surface area contributed by atoms with Crippen molar-refractivity contribution in [2.24, 2.45) is 4.99 Å². The number of hydrogen-bond donors (Lipinski definition) is 0. The summed E-state index contributed by atoms with van der Waals surface area (Å²) in [4.78, 5) is 8.19. The van der Waals surface area contributed by atoms with Gasteiger partial charge in [0.1, 0.15) is 11.1 Å². The number of nitriles is 1. The van der Waals surface area contributed by atoms with E-state index in [0.717, 1.165) is 17.5 Å². The fourth-order valence-corrected chi connectivity index (χ4v) is 1.89. The van der Waals surface area contributed by atoms with Crippen LogP contribution in [0.4, 0.5) is 8.78 Å². The molecule has 0 unspecified atom stereocenters. The molecule has 0 radical (unpaired) electrons. The molecule has 1 heterocycles. The van der Waals surface area contributed by atoms with Crippen LogP contribution in [0.15, 0.2) is 24.4 Å². The van der Waals surface area contributed by atoms with Crippen LogP contribution >= 0.6 is 11.3 Å². The van der Waals surface area contributed by atoms with Gasteiger partial charge in [-0.2, -0.15) is 14.0 Å². The maximum absolute atomic E-state index is 12.2. The standard InChI is InChI=1S/C11H9F2N3OS/c1-4-15-9(17-11(12)13)6(2)10-16-8(5-14)7(3)18-10/h4,11H,1-2H2,3H3. The van der Waals surface area contributed by atoms with Crippen LogP contribution in [0.3, 0.4) is 0 Å². The molecule has 4 nitrogen and oxygen atoms in total. The van der Waals surface area contributed by atoms with Gasteiger partial charge in [0.15, 0.2) is 5.69 Å². The normalized spacial score (nSPS) is 11.2. The quantitative estimate of drug-likeness (QED) is 0.623. The summed E-state index contributed by atoms with van der Waals surface area (Å²) in [5.74, 6) is -0.363. The number of aromatic nitrogens is 1. The highest BCUT2D eigenvalue weighted by molar-refractivity contribution is 7.13. The summed E-state index contributed by atoms with van der Waals surface area (Å²) in [5.41, 5.74) is 0.316. The number of alkyl halides is 2. The molecule has 0 spiro atoms. The monoisotopic (exact) mass is 269 g/mol. The topological polar surface area (TPSA) is 58.3 Å². The fraction of sp³-hybridized carbons (Fsp3) is 0.182. The minimum atomic E-state index is -3.02. The number of aryl methyl sites for hydroxylation is 1. The van der Waals surface area contributed by atoms with E-state index in [9.17, 15) is 8.78 Å². The summed E-state index contributed by atoms with van der Waals surface area (Å²) in [6.07, 6.45) is 1.06. The van der Waals surface area contributed by atoms with Crippen molar-refractivity contribution in [2.75, 3.05) is 0 Å². The van der Waals surface area contributed by atoms with Gasteiger partial charge in [-0.05, 0) is 6.92 Å². The van der Waals surface area contributed by atoms with Crippen LogP contribution in [-0.2, 0) is 4.74 Å². The van der Waals surface area contributed by atoms with Gasteiger partial charge in [0.25, 0.3) is 0 Å². The number of rotatable bonds is 4. The Labute approximate surface area is 107 Å². The maximum atomic E-state index is 12.2. The first-order valence-corrected chi connectivity index (χ1v) is 5.52. The van der Waals surface area contributed by atoms with E-state index in [1.165, 1.54) is 0 Å². The van der Waals surface area contributed by atoms with Gasteiger partial charge in [-0.25, -0.2) is 9.98 Å². The molecule has 1 rings (SSSR count). The Kier molecular flexibility index (Phi) is 4.68. The van der Waals surface area contributed by atoms with Gasteiger partial charge in [-0.15, -0.1) is 11.3 Å². The molecule has 0 saturated carbocycles. The van der Waals surface area contributed by atoms with Gasteiger partial charge in [-0.3, -0.25) is 0 Å². The first-order valence-electron chi connectivity index (χ1n) is 4.70. The van der Waals surface area contributed by atoms with Crippen LogP contribution in [0.5, 0.6) is 0 Å². The van der Waals surface area contributed by atoms with Crippen molar-refractivity contribution < 1.29 is 13.5 Å². The molecule has 0 N–H and O–H groups in total. The molecule has 0 bridgehead atoms. The van der Waals surface area contributed by atoms with Gasteiger partial charge < -0.3 is 4.74 Å². The van der Waals surface area contributed by atoms with Crippen LogP contribution in [0.25, 0.3) is 5.57 Å². The molecule has 7 heteroatoms. The summed E-state index contributed by atoms with van der Waals surface area (Å²) in [6.45, 7) is 5.57. The fourth-order valence-electron chi connectivity index (χ4n) is 1.07. The molecule has 0 aliphatic carbocycles. The average Bonchev–Trinajstić information content (AvgIpc) is 2.68. The highest BCUT2D eigenvalue weighted by Gasteiger charge is 2.18. The van der Waals surface area contributed by atoms with E-state index in [4.69, 9.17) is 5.26 Å². The van der Waals surface area contributed by atoms with Gasteiger partial charge in [0.05, 0.1) is 5.57 Å². The summed E-state index contributed by atoms with van der Waals surface area (Å²) in [5, 5.41) is 9.08. The third-order valence-corrected chi connectivity index (χ3v) is 2.86. The van der Waals surface area contributed by atoms with Gasteiger partial charge in [-0.1, -0.05) is 13.2 Å². The SMILES string of the molecule is C=CN=C(OC(F)F)C(=C)c1nc(C#N)c(C)s1. The molecule has 1 aromatic rings. The minimum absolute atomic E-state index is 0.0878.